The van der Waals surface area contributed by atoms with Crippen LogP contribution in [-0.4, -0.2) is 29.1 Å². The zero-order chi connectivity index (χ0) is 19.1. The monoisotopic (exact) mass is 512 g/mol. The lowest BCUT2D eigenvalue weighted by atomic mass is 10.0. The predicted octanol–water partition coefficient (Wildman–Crippen LogP) is 3.98. The number of thiazole rings is 1. The third-order valence-corrected chi connectivity index (χ3v) is 4.82. The largest absolute Gasteiger partial charge is 0.466 e. The summed E-state index contributed by atoms with van der Waals surface area (Å²) in [4.78, 5) is 9.23. The minimum atomic E-state index is -1.12. The topological polar surface area (TPSA) is 82.7 Å². The first-order valence-electron chi connectivity index (χ1n) is 8.87. The minimum absolute atomic E-state index is 0. The van der Waals surface area contributed by atoms with Crippen LogP contribution in [-0.2, 0) is 12.1 Å². The van der Waals surface area contributed by atoms with Gasteiger partial charge < -0.3 is 20.2 Å². The summed E-state index contributed by atoms with van der Waals surface area (Å²) in [5.41, 5.74) is 0.939. The number of nitrogens with zero attached hydrogens (tertiary/aromatic N) is 2. The molecule has 0 amide bonds. The standard InChI is InChI=1S/C20H24N4O2S.HI/c1-3-21-19(23-14-20(2,25)17-10-7-11-26-17)22-12-18-24-16(13-27-18)15-8-5-4-6-9-15;/h4-11,13,25H,3,12,14H2,1-2H3,(H2,21,22,23);1H. The Morgan fingerprint density at radius 2 is 2.00 bits per heavy atom. The molecule has 1 unspecified atom stereocenters. The summed E-state index contributed by atoms with van der Waals surface area (Å²) in [5, 5.41) is 19.9. The van der Waals surface area contributed by atoms with Gasteiger partial charge in [0.05, 0.1) is 25.0 Å². The highest BCUT2D eigenvalue weighted by molar-refractivity contribution is 14.0. The lowest BCUT2D eigenvalue weighted by Gasteiger charge is -2.22. The van der Waals surface area contributed by atoms with E-state index in [1.54, 1.807) is 36.7 Å². The van der Waals surface area contributed by atoms with E-state index in [1.807, 2.05) is 42.6 Å². The summed E-state index contributed by atoms with van der Waals surface area (Å²) in [6, 6.07) is 13.6. The number of guanidine groups is 1. The van der Waals surface area contributed by atoms with Crippen molar-refractivity contribution in [1.29, 1.82) is 0 Å². The van der Waals surface area contributed by atoms with Crippen LogP contribution in [0.4, 0.5) is 0 Å². The summed E-state index contributed by atoms with van der Waals surface area (Å²) in [5.74, 6) is 1.14. The van der Waals surface area contributed by atoms with Crippen LogP contribution in [0.5, 0.6) is 0 Å². The summed E-state index contributed by atoms with van der Waals surface area (Å²) >= 11 is 1.59. The molecule has 0 aliphatic heterocycles. The normalized spacial score (nSPS) is 13.5. The van der Waals surface area contributed by atoms with Crippen molar-refractivity contribution in [3.63, 3.8) is 0 Å². The molecule has 0 aliphatic rings. The zero-order valence-corrected chi connectivity index (χ0v) is 19.0. The van der Waals surface area contributed by atoms with Crippen molar-refractivity contribution in [1.82, 2.24) is 15.6 Å². The highest BCUT2D eigenvalue weighted by Gasteiger charge is 2.26. The molecule has 1 aromatic carbocycles. The lowest BCUT2D eigenvalue weighted by Crippen LogP contribution is -2.44. The van der Waals surface area contributed by atoms with Crippen LogP contribution >= 0.6 is 35.3 Å². The van der Waals surface area contributed by atoms with Crippen LogP contribution in [0.15, 0.2) is 63.5 Å². The zero-order valence-electron chi connectivity index (χ0n) is 15.9. The lowest BCUT2D eigenvalue weighted by molar-refractivity contribution is 0.0386. The smallest absolute Gasteiger partial charge is 0.191 e. The Bertz CT molecular complexity index is 863. The van der Waals surface area contributed by atoms with Gasteiger partial charge in [-0.1, -0.05) is 30.3 Å². The molecule has 0 fully saturated rings. The SMILES string of the molecule is CCNC(=NCc1nc(-c2ccccc2)cs1)NCC(C)(O)c1ccco1.I. The Balaban J connectivity index is 0.00000280. The van der Waals surface area contributed by atoms with Crippen molar-refractivity contribution in [2.24, 2.45) is 4.99 Å². The van der Waals surface area contributed by atoms with Crippen molar-refractivity contribution in [2.45, 2.75) is 26.0 Å². The summed E-state index contributed by atoms with van der Waals surface area (Å²) in [7, 11) is 0. The van der Waals surface area contributed by atoms with E-state index in [1.165, 1.54) is 0 Å². The molecule has 0 bridgehead atoms. The number of aromatic nitrogens is 1. The Kier molecular flexibility index (Phi) is 8.46. The Hall–Kier alpha value is -1.91. The summed E-state index contributed by atoms with van der Waals surface area (Å²) in [6.45, 7) is 5.17. The molecular formula is C20H25IN4O2S. The van der Waals surface area contributed by atoms with Crippen molar-refractivity contribution in [3.05, 3.63) is 64.9 Å². The van der Waals surface area contributed by atoms with Crippen molar-refractivity contribution in [2.75, 3.05) is 13.1 Å². The number of hydrogen-bond acceptors (Lipinski definition) is 5. The molecule has 3 rings (SSSR count). The van der Waals surface area contributed by atoms with Crippen molar-refractivity contribution < 1.29 is 9.52 Å². The number of hydrogen-bond donors (Lipinski definition) is 3. The van der Waals surface area contributed by atoms with E-state index in [4.69, 9.17) is 4.42 Å². The minimum Gasteiger partial charge on any atom is -0.466 e. The highest BCUT2D eigenvalue weighted by atomic mass is 127. The summed E-state index contributed by atoms with van der Waals surface area (Å²) in [6.07, 6.45) is 1.55. The van der Waals surface area contributed by atoms with Crippen LogP contribution in [0.3, 0.4) is 0 Å². The molecule has 0 saturated carbocycles. The molecule has 1 atom stereocenters. The number of aliphatic hydroxyl groups is 1. The fourth-order valence-corrected chi connectivity index (χ4v) is 3.27. The Morgan fingerprint density at radius 3 is 2.68 bits per heavy atom. The molecule has 0 radical (unpaired) electrons. The van der Waals surface area contributed by atoms with Gasteiger partial charge >= 0.3 is 0 Å². The molecular weight excluding hydrogens is 487 g/mol. The molecule has 0 saturated heterocycles. The molecule has 8 heteroatoms. The van der Waals surface area contributed by atoms with Gasteiger partial charge in [-0.15, -0.1) is 35.3 Å². The number of halogens is 1. The molecule has 0 aliphatic carbocycles. The third kappa shape index (κ3) is 6.05. The molecule has 150 valence electrons. The summed E-state index contributed by atoms with van der Waals surface area (Å²) < 4.78 is 5.31. The Morgan fingerprint density at radius 1 is 1.21 bits per heavy atom. The molecule has 0 spiro atoms. The Labute approximate surface area is 186 Å². The van der Waals surface area contributed by atoms with Crippen LogP contribution in [0.2, 0.25) is 0 Å². The van der Waals surface area contributed by atoms with Crippen LogP contribution in [0, 0.1) is 0 Å². The highest BCUT2D eigenvalue weighted by Crippen LogP contribution is 2.22. The second-order valence-corrected chi connectivity index (χ2v) is 7.24. The van der Waals surface area contributed by atoms with Gasteiger partial charge in [-0.3, -0.25) is 0 Å². The average molecular weight is 512 g/mol. The maximum absolute atomic E-state index is 10.6. The number of aliphatic imine (C=N–C) groups is 1. The van der Waals surface area contributed by atoms with Gasteiger partial charge in [0.25, 0.3) is 0 Å². The molecule has 6 nitrogen and oxygen atoms in total. The molecule has 28 heavy (non-hydrogen) atoms. The second-order valence-electron chi connectivity index (χ2n) is 6.29. The van der Waals surface area contributed by atoms with Gasteiger partial charge in [-0.2, -0.15) is 0 Å². The van der Waals surface area contributed by atoms with E-state index in [9.17, 15) is 5.11 Å². The number of benzene rings is 1. The predicted molar refractivity (Wildman–Crippen MR) is 124 cm³/mol. The van der Waals surface area contributed by atoms with Crippen LogP contribution in [0.25, 0.3) is 11.3 Å². The molecule has 3 aromatic rings. The fraction of sp³-hybridized carbons (Fsp3) is 0.300. The first-order chi connectivity index (χ1) is 13.1. The first kappa shape index (κ1) is 22.4. The van der Waals surface area contributed by atoms with E-state index in [0.717, 1.165) is 22.8 Å². The van der Waals surface area contributed by atoms with E-state index in [0.29, 0.717) is 18.3 Å². The van der Waals surface area contributed by atoms with E-state index in [-0.39, 0.29) is 30.5 Å². The van der Waals surface area contributed by atoms with Crippen LogP contribution in [0.1, 0.15) is 24.6 Å². The quantitative estimate of drug-likeness (QED) is 0.254. The first-order valence-corrected chi connectivity index (χ1v) is 9.75. The molecule has 2 aromatic heterocycles. The molecule has 3 N–H and O–H groups in total. The van der Waals surface area contributed by atoms with Gasteiger partial charge in [-0.05, 0) is 26.0 Å². The van der Waals surface area contributed by atoms with E-state index >= 15 is 0 Å². The second kappa shape index (κ2) is 10.6. The average Bonchev–Trinajstić information content (AvgIpc) is 3.37. The van der Waals surface area contributed by atoms with Gasteiger partial charge in [0.15, 0.2) is 5.96 Å². The van der Waals surface area contributed by atoms with Gasteiger partial charge in [0, 0.05) is 17.5 Å². The van der Waals surface area contributed by atoms with Crippen molar-refractivity contribution in [3.8, 4) is 11.3 Å². The van der Waals surface area contributed by atoms with Crippen LogP contribution < -0.4 is 10.6 Å². The van der Waals surface area contributed by atoms with Crippen molar-refractivity contribution >= 4 is 41.3 Å². The maximum atomic E-state index is 10.6. The number of rotatable bonds is 7. The maximum Gasteiger partial charge on any atom is 0.191 e. The third-order valence-electron chi connectivity index (χ3n) is 3.99. The number of furan rings is 1. The van der Waals surface area contributed by atoms with Gasteiger partial charge in [0.2, 0.25) is 0 Å². The van der Waals surface area contributed by atoms with Gasteiger partial charge in [0.1, 0.15) is 16.4 Å². The molecule has 2 heterocycles. The fourth-order valence-electron chi connectivity index (χ4n) is 2.54. The van der Waals surface area contributed by atoms with E-state index < -0.39 is 5.60 Å². The van der Waals surface area contributed by atoms with E-state index in [2.05, 4.69) is 20.6 Å². The van der Waals surface area contributed by atoms with Gasteiger partial charge in [-0.25, -0.2) is 9.98 Å². The number of nitrogens with one attached hydrogen (secondary N) is 2.